The highest BCUT2D eigenvalue weighted by Crippen LogP contribution is 2.49. The quantitative estimate of drug-likeness (QED) is 0.790. The first kappa shape index (κ1) is 19.1. The highest BCUT2D eigenvalue weighted by atomic mass is 32.1. The number of thiazole rings is 1. The molecule has 2 aliphatic rings. The Morgan fingerprint density at radius 2 is 2.21 bits per heavy atom. The lowest BCUT2D eigenvalue weighted by Crippen LogP contribution is -2.40. The summed E-state index contributed by atoms with van der Waals surface area (Å²) in [6.07, 6.45) is 4.62. The van der Waals surface area contributed by atoms with E-state index in [1.807, 2.05) is 34.6 Å². The molecule has 1 spiro atoms. The van der Waals surface area contributed by atoms with Crippen molar-refractivity contribution in [1.82, 2.24) is 24.3 Å². The van der Waals surface area contributed by atoms with E-state index in [0.717, 1.165) is 22.8 Å². The number of carbonyl (C=O) groups excluding carboxylic acids is 2. The maximum atomic E-state index is 13.6. The fraction of sp³-hybridized carbons (Fsp3) is 0.600. The molecule has 2 amide bonds. The van der Waals surface area contributed by atoms with Crippen LogP contribution < -0.4 is 0 Å². The number of rotatable bonds is 4. The lowest BCUT2D eigenvalue weighted by atomic mass is 9.75. The number of aryl methyl sites for hydroxylation is 1. The van der Waals surface area contributed by atoms with Crippen molar-refractivity contribution in [2.75, 3.05) is 19.6 Å². The van der Waals surface area contributed by atoms with Crippen molar-refractivity contribution >= 4 is 23.2 Å². The Balaban J connectivity index is 1.63. The second-order valence-electron chi connectivity index (χ2n) is 8.28. The largest absolute Gasteiger partial charge is 0.341 e. The van der Waals surface area contributed by atoms with E-state index < -0.39 is 5.41 Å². The van der Waals surface area contributed by atoms with E-state index in [2.05, 4.69) is 28.4 Å². The van der Waals surface area contributed by atoms with E-state index in [-0.39, 0.29) is 17.7 Å². The number of likely N-dealkylation sites (tertiary alicyclic amines) is 2. The molecule has 28 heavy (non-hydrogen) atoms. The number of imidazole rings is 1. The highest BCUT2D eigenvalue weighted by Gasteiger charge is 2.58. The lowest BCUT2D eigenvalue weighted by molar-refractivity contribution is -0.137. The van der Waals surface area contributed by atoms with Crippen LogP contribution in [-0.4, -0.2) is 55.8 Å². The first-order valence-electron chi connectivity index (χ1n) is 9.79. The van der Waals surface area contributed by atoms with Gasteiger partial charge in [0.2, 0.25) is 11.8 Å². The number of carbonyl (C=O) groups is 2. The maximum absolute atomic E-state index is 13.6. The predicted molar refractivity (Wildman–Crippen MR) is 107 cm³/mol. The molecule has 0 aliphatic carbocycles. The SMILES string of the molecule is CC(=O)N1C[C@@H](c2cn(C(C)C)cn2)[C@]2(CCN(Cc3csc(C)n3)C2=O)C1. The van der Waals surface area contributed by atoms with Crippen molar-refractivity contribution in [3.05, 3.63) is 34.3 Å². The summed E-state index contributed by atoms with van der Waals surface area (Å²) in [6, 6.07) is 0.311. The summed E-state index contributed by atoms with van der Waals surface area (Å²) >= 11 is 1.61. The van der Waals surface area contributed by atoms with Crippen LogP contribution in [0.4, 0.5) is 0 Å². The monoisotopic (exact) mass is 401 g/mol. The molecule has 2 saturated heterocycles. The zero-order valence-electron chi connectivity index (χ0n) is 16.9. The first-order chi connectivity index (χ1) is 13.3. The van der Waals surface area contributed by atoms with Gasteiger partial charge in [0.05, 0.1) is 34.7 Å². The third-order valence-corrected chi connectivity index (χ3v) is 6.95. The van der Waals surface area contributed by atoms with E-state index in [4.69, 9.17) is 0 Å². The Hall–Kier alpha value is -2.22. The number of hydrogen-bond acceptors (Lipinski definition) is 5. The molecular formula is C20H27N5O2S. The molecule has 2 aromatic heterocycles. The van der Waals surface area contributed by atoms with Gasteiger partial charge in [0, 0.05) is 50.1 Å². The van der Waals surface area contributed by atoms with Gasteiger partial charge in [0.1, 0.15) is 0 Å². The zero-order valence-corrected chi connectivity index (χ0v) is 17.7. The Morgan fingerprint density at radius 1 is 1.43 bits per heavy atom. The molecule has 2 atom stereocenters. The molecule has 0 saturated carbocycles. The number of amides is 2. The molecule has 4 rings (SSSR count). The van der Waals surface area contributed by atoms with Crippen molar-refractivity contribution < 1.29 is 9.59 Å². The normalized spacial score (nSPS) is 24.9. The Labute approximate surface area is 169 Å². The standard InChI is InChI=1S/C20H27N5O2S/c1-13(2)25-9-18(21-12-25)17-8-24(15(4)26)11-20(17)5-6-23(19(20)27)7-16-10-28-14(3)22-16/h9-10,12-13,17H,5-8,11H2,1-4H3/t17-,20-/m0/s1. The summed E-state index contributed by atoms with van der Waals surface area (Å²) in [5.74, 6) is 0.0867. The summed E-state index contributed by atoms with van der Waals surface area (Å²) < 4.78 is 2.06. The first-order valence-corrected chi connectivity index (χ1v) is 10.7. The molecule has 0 radical (unpaired) electrons. The van der Waals surface area contributed by atoms with Crippen LogP contribution >= 0.6 is 11.3 Å². The molecule has 0 unspecified atom stereocenters. The minimum absolute atomic E-state index is 0.0199. The zero-order chi connectivity index (χ0) is 20.1. The van der Waals surface area contributed by atoms with Gasteiger partial charge in [-0.1, -0.05) is 0 Å². The van der Waals surface area contributed by atoms with E-state index in [9.17, 15) is 9.59 Å². The third kappa shape index (κ3) is 3.13. The van der Waals surface area contributed by atoms with Gasteiger partial charge >= 0.3 is 0 Å². The van der Waals surface area contributed by atoms with Crippen LogP contribution in [0.2, 0.25) is 0 Å². The summed E-state index contributed by atoms with van der Waals surface area (Å²) in [5, 5.41) is 3.03. The van der Waals surface area contributed by atoms with Gasteiger partial charge in [0.25, 0.3) is 0 Å². The average molecular weight is 402 g/mol. The van der Waals surface area contributed by atoms with E-state index in [0.29, 0.717) is 32.2 Å². The van der Waals surface area contributed by atoms with Crippen molar-refractivity contribution in [2.45, 2.75) is 52.6 Å². The maximum Gasteiger partial charge on any atom is 0.231 e. The minimum atomic E-state index is -0.576. The van der Waals surface area contributed by atoms with Crippen LogP contribution in [0, 0.1) is 12.3 Å². The van der Waals surface area contributed by atoms with Crippen molar-refractivity contribution in [2.24, 2.45) is 5.41 Å². The molecule has 150 valence electrons. The van der Waals surface area contributed by atoms with Crippen LogP contribution in [-0.2, 0) is 16.1 Å². The summed E-state index contributed by atoms with van der Waals surface area (Å²) in [5.41, 5.74) is 1.28. The Morgan fingerprint density at radius 3 is 2.82 bits per heavy atom. The van der Waals surface area contributed by atoms with Crippen molar-refractivity contribution in [3.8, 4) is 0 Å². The molecule has 2 aromatic rings. The van der Waals surface area contributed by atoms with Gasteiger partial charge in [-0.25, -0.2) is 9.97 Å². The molecular weight excluding hydrogens is 374 g/mol. The molecule has 8 heteroatoms. The van der Waals surface area contributed by atoms with Gasteiger partial charge in [-0.2, -0.15) is 0 Å². The average Bonchev–Trinajstić information content (AvgIpc) is 3.39. The smallest absolute Gasteiger partial charge is 0.231 e. The molecule has 0 N–H and O–H groups in total. The second kappa shape index (κ2) is 6.99. The molecule has 7 nitrogen and oxygen atoms in total. The van der Waals surface area contributed by atoms with Gasteiger partial charge in [-0.3, -0.25) is 9.59 Å². The number of nitrogens with zero attached hydrogens (tertiary/aromatic N) is 5. The van der Waals surface area contributed by atoms with Crippen LogP contribution in [0.25, 0.3) is 0 Å². The minimum Gasteiger partial charge on any atom is -0.341 e. The molecule has 2 aliphatic heterocycles. The second-order valence-corrected chi connectivity index (χ2v) is 9.34. The van der Waals surface area contributed by atoms with Crippen molar-refractivity contribution in [1.29, 1.82) is 0 Å². The van der Waals surface area contributed by atoms with Crippen LogP contribution in [0.15, 0.2) is 17.9 Å². The van der Waals surface area contributed by atoms with Gasteiger partial charge < -0.3 is 14.4 Å². The number of hydrogen-bond donors (Lipinski definition) is 0. The highest BCUT2D eigenvalue weighted by molar-refractivity contribution is 7.09. The van der Waals surface area contributed by atoms with Crippen LogP contribution in [0.1, 0.15) is 55.5 Å². The lowest BCUT2D eigenvalue weighted by Gasteiger charge is -2.27. The van der Waals surface area contributed by atoms with E-state index in [1.165, 1.54) is 0 Å². The summed E-state index contributed by atoms with van der Waals surface area (Å²) in [4.78, 5) is 38.5. The Bertz CT molecular complexity index is 904. The Kier molecular flexibility index (Phi) is 4.77. The number of aromatic nitrogens is 3. The molecule has 0 bridgehead atoms. The molecule has 0 aromatic carbocycles. The van der Waals surface area contributed by atoms with Gasteiger partial charge in [0.15, 0.2) is 0 Å². The summed E-state index contributed by atoms with van der Waals surface area (Å²) in [7, 11) is 0. The van der Waals surface area contributed by atoms with E-state index >= 15 is 0 Å². The van der Waals surface area contributed by atoms with Crippen LogP contribution in [0.3, 0.4) is 0 Å². The molecule has 2 fully saturated rings. The van der Waals surface area contributed by atoms with Crippen molar-refractivity contribution in [3.63, 3.8) is 0 Å². The molecule has 4 heterocycles. The third-order valence-electron chi connectivity index (χ3n) is 6.12. The predicted octanol–water partition coefficient (Wildman–Crippen LogP) is 2.59. The van der Waals surface area contributed by atoms with E-state index in [1.54, 1.807) is 18.3 Å². The van der Waals surface area contributed by atoms with Gasteiger partial charge in [-0.15, -0.1) is 11.3 Å². The topological polar surface area (TPSA) is 71.3 Å². The van der Waals surface area contributed by atoms with Gasteiger partial charge in [-0.05, 0) is 27.2 Å². The fourth-order valence-corrected chi connectivity index (χ4v) is 5.10. The fourth-order valence-electron chi connectivity index (χ4n) is 4.50. The van der Waals surface area contributed by atoms with Crippen LogP contribution in [0.5, 0.6) is 0 Å². The summed E-state index contributed by atoms with van der Waals surface area (Å²) in [6.45, 7) is 10.0.